The number of benzene rings is 1. The SMILES string of the molecule is CON(OC)c1cc(O)ccc1F. The van der Waals surface area contributed by atoms with Crippen LogP contribution in [0.5, 0.6) is 5.75 Å². The number of phenols is 1. The Labute approximate surface area is 75.0 Å². The lowest BCUT2D eigenvalue weighted by atomic mass is 10.3. The maximum atomic E-state index is 13.1. The van der Waals surface area contributed by atoms with E-state index in [0.717, 1.165) is 11.3 Å². The van der Waals surface area contributed by atoms with Crippen molar-refractivity contribution >= 4 is 5.69 Å². The zero-order chi connectivity index (χ0) is 9.84. The number of hydrogen-bond donors (Lipinski definition) is 1. The molecule has 0 fully saturated rings. The van der Waals surface area contributed by atoms with E-state index in [1.165, 1.54) is 26.4 Å². The highest BCUT2D eigenvalue weighted by molar-refractivity contribution is 5.47. The fraction of sp³-hybridized carbons (Fsp3) is 0.250. The van der Waals surface area contributed by atoms with Gasteiger partial charge < -0.3 is 5.11 Å². The van der Waals surface area contributed by atoms with Crippen LogP contribution in [-0.2, 0) is 9.68 Å². The zero-order valence-electron chi connectivity index (χ0n) is 7.32. The van der Waals surface area contributed by atoms with Crippen LogP contribution in [0.2, 0.25) is 0 Å². The van der Waals surface area contributed by atoms with Gasteiger partial charge >= 0.3 is 0 Å². The smallest absolute Gasteiger partial charge is 0.151 e. The molecule has 5 heteroatoms. The van der Waals surface area contributed by atoms with Crippen molar-refractivity contribution in [2.75, 3.05) is 19.4 Å². The molecular weight excluding hydrogens is 177 g/mol. The van der Waals surface area contributed by atoms with Gasteiger partial charge in [0.2, 0.25) is 0 Å². The van der Waals surface area contributed by atoms with Gasteiger partial charge in [-0.15, -0.1) is 5.23 Å². The summed E-state index contributed by atoms with van der Waals surface area (Å²) in [7, 11) is 2.65. The van der Waals surface area contributed by atoms with Crippen LogP contribution >= 0.6 is 0 Å². The van der Waals surface area contributed by atoms with Gasteiger partial charge in [0.25, 0.3) is 0 Å². The average Bonchev–Trinajstić information content (AvgIpc) is 2.13. The van der Waals surface area contributed by atoms with Crippen molar-refractivity contribution in [3.63, 3.8) is 0 Å². The minimum absolute atomic E-state index is 0.0185. The van der Waals surface area contributed by atoms with Gasteiger partial charge in [-0.3, -0.25) is 9.68 Å². The third-order valence-corrected chi connectivity index (χ3v) is 1.46. The Morgan fingerprint density at radius 2 is 1.92 bits per heavy atom. The fourth-order valence-electron chi connectivity index (χ4n) is 0.912. The molecule has 4 nitrogen and oxygen atoms in total. The van der Waals surface area contributed by atoms with E-state index in [2.05, 4.69) is 9.68 Å². The van der Waals surface area contributed by atoms with Crippen LogP contribution in [0.25, 0.3) is 0 Å². The van der Waals surface area contributed by atoms with Crippen LogP contribution in [0.1, 0.15) is 0 Å². The molecule has 0 bridgehead atoms. The number of rotatable bonds is 3. The van der Waals surface area contributed by atoms with Crippen LogP contribution < -0.4 is 5.23 Å². The van der Waals surface area contributed by atoms with Gasteiger partial charge in [-0.05, 0) is 12.1 Å². The molecule has 0 heterocycles. The predicted octanol–water partition coefficient (Wildman–Crippen LogP) is 1.46. The first-order valence-electron chi connectivity index (χ1n) is 3.56. The molecule has 1 aromatic carbocycles. The van der Waals surface area contributed by atoms with Crippen molar-refractivity contribution in [3.05, 3.63) is 24.0 Å². The normalized spacial score (nSPS) is 10.1. The van der Waals surface area contributed by atoms with E-state index in [1.54, 1.807) is 0 Å². The summed E-state index contributed by atoms with van der Waals surface area (Å²) in [5.74, 6) is -0.600. The van der Waals surface area contributed by atoms with Crippen LogP contribution in [0.4, 0.5) is 10.1 Å². The largest absolute Gasteiger partial charge is 0.508 e. The summed E-state index contributed by atoms with van der Waals surface area (Å²) >= 11 is 0. The first-order chi connectivity index (χ1) is 6.19. The summed E-state index contributed by atoms with van der Waals surface area (Å²) in [6, 6.07) is 3.56. The van der Waals surface area contributed by atoms with Crippen LogP contribution in [0.3, 0.4) is 0 Å². The highest BCUT2D eigenvalue weighted by atomic mass is 19.1. The molecule has 0 unspecified atom stereocenters. The molecule has 0 saturated heterocycles. The summed E-state index contributed by atoms with van der Waals surface area (Å²) in [6.07, 6.45) is 0. The third-order valence-electron chi connectivity index (χ3n) is 1.46. The Hall–Kier alpha value is -1.33. The summed E-state index contributed by atoms with van der Waals surface area (Å²) in [6.45, 7) is 0. The van der Waals surface area contributed by atoms with Crippen molar-refractivity contribution < 1.29 is 19.2 Å². The Kier molecular flexibility index (Phi) is 3.05. The topological polar surface area (TPSA) is 41.9 Å². The van der Waals surface area contributed by atoms with Gasteiger partial charge in [-0.25, -0.2) is 4.39 Å². The average molecular weight is 187 g/mol. The molecule has 0 aliphatic carbocycles. The molecule has 0 amide bonds. The van der Waals surface area contributed by atoms with Crippen LogP contribution in [-0.4, -0.2) is 19.3 Å². The van der Waals surface area contributed by atoms with Gasteiger partial charge in [0.15, 0.2) is 5.82 Å². The molecule has 0 saturated carbocycles. The first kappa shape index (κ1) is 9.76. The van der Waals surface area contributed by atoms with Gasteiger partial charge in [0.05, 0.1) is 14.2 Å². The van der Waals surface area contributed by atoms with Crippen LogP contribution in [0.15, 0.2) is 18.2 Å². The number of phenolic OH excluding ortho intramolecular Hbond substituents is 1. The highest BCUT2D eigenvalue weighted by Crippen LogP contribution is 2.23. The van der Waals surface area contributed by atoms with E-state index in [9.17, 15) is 4.39 Å². The number of halogens is 1. The zero-order valence-corrected chi connectivity index (χ0v) is 7.32. The molecule has 0 aliphatic heterocycles. The van der Waals surface area contributed by atoms with Crippen molar-refractivity contribution in [1.82, 2.24) is 0 Å². The van der Waals surface area contributed by atoms with Crippen molar-refractivity contribution in [3.8, 4) is 5.75 Å². The Bertz CT molecular complexity index is 289. The summed E-state index contributed by atoms with van der Waals surface area (Å²) < 4.78 is 13.1. The minimum atomic E-state index is -0.540. The third kappa shape index (κ3) is 2.07. The molecule has 0 aromatic heterocycles. The second kappa shape index (κ2) is 4.06. The molecule has 1 N–H and O–H groups in total. The second-order valence-corrected chi connectivity index (χ2v) is 2.26. The molecule has 0 atom stereocenters. The van der Waals surface area contributed by atoms with E-state index in [-0.39, 0.29) is 11.4 Å². The van der Waals surface area contributed by atoms with E-state index >= 15 is 0 Å². The van der Waals surface area contributed by atoms with Crippen molar-refractivity contribution in [1.29, 1.82) is 0 Å². The Balaban J connectivity index is 3.03. The summed E-state index contributed by atoms with van der Waals surface area (Å²) in [5.41, 5.74) is 0.0185. The molecular formula is C8H10FNO3. The van der Waals surface area contributed by atoms with Crippen molar-refractivity contribution in [2.45, 2.75) is 0 Å². The van der Waals surface area contributed by atoms with E-state index in [0.29, 0.717) is 0 Å². The molecule has 0 radical (unpaired) electrons. The minimum Gasteiger partial charge on any atom is -0.508 e. The highest BCUT2D eigenvalue weighted by Gasteiger charge is 2.11. The predicted molar refractivity (Wildman–Crippen MR) is 44.6 cm³/mol. The molecule has 72 valence electrons. The van der Waals surface area contributed by atoms with Gasteiger partial charge in [0.1, 0.15) is 11.4 Å². The van der Waals surface area contributed by atoms with E-state index in [4.69, 9.17) is 5.11 Å². The lowest BCUT2D eigenvalue weighted by Gasteiger charge is -2.18. The summed E-state index contributed by atoms with van der Waals surface area (Å²) in [4.78, 5) is 9.36. The Morgan fingerprint density at radius 3 is 2.46 bits per heavy atom. The monoisotopic (exact) mass is 187 g/mol. The standard InChI is InChI=1S/C8H10FNO3/c1-12-10(13-2)8-5-6(11)3-4-7(8)9/h3-5,11H,1-2H3. The second-order valence-electron chi connectivity index (χ2n) is 2.26. The number of hydrogen-bond acceptors (Lipinski definition) is 4. The first-order valence-corrected chi connectivity index (χ1v) is 3.56. The number of aromatic hydroxyl groups is 1. The fourth-order valence-corrected chi connectivity index (χ4v) is 0.912. The maximum Gasteiger partial charge on any atom is 0.151 e. The summed E-state index contributed by atoms with van der Waals surface area (Å²) in [5, 5.41) is 9.93. The lowest BCUT2D eigenvalue weighted by molar-refractivity contribution is -0.0447. The van der Waals surface area contributed by atoms with Gasteiger partial charge in [0, 0.05) is 6.07 Å². The van der Waals surface area contributed by atoms with Gasteiger partial charge in [-0.2, -0.15) is 0 Å². The quantitative estimate of drug-likeness (QED) is 0.727. The van der Waals surface area contributed by atoms with Gasteiger partial charge in [-0.1, -0.05) is 0 Å². The molecule has 0 spiro atoms. The van der Waals surface area contributed by atoms with Crippen LogP contribution in [0, 0.1) is 5.82 Å². The molecule has 13 heavy (non-hydrogen) atoms. The molecule has 1 rings (SSSR count). The number of nitrogens with zero attached hydrogens (tertiary/aromatic N) is 1. The molecule has 0 aliphatic rings. The number of anilines is 1. The van der Waals surface area contributed by atoms with Crippen molar-refractivity contribution in [2.24, 2.45) is 0 Å². The van der Waals surface area contributed by atoms with E-state index in [1.807, 2.05) is 0 Å². The maximum absolute atomic E-state index is 13.1. The Morgan fingerprint density at radius 1 is 1.31 bits per heavy atom. The molecule has 1 aromatic rings. The van der Waals surface area contributed by atoms with E-state index < -0.39 is 5.82 Å². The lowest BCUT2D eigenvalue weighted by Crippen LogP contribution is -2.20.